The minimum Gasteiger partial charge on any atom is -0.455 e. The van der Waals surface area contributed by atoms with Gasteiger partial charge >= 0.3 is 0 Å². The molecule has 0 N–H and O–H groups in total. The second kappa shape index (κ2) is 12.9. The topological polar surface area (TPSA) is 18.1 Å². The van der Waals surface area contributed by atoms with Crippen molar-refractivity contribution in [1.29, 1.82) is 0 Å². The van der Waals surface area contributed by atoms with E-state index < -0.39 is 18.1 Å². The van der Waals surface area contributed by atoms with Gasteiger partial charge < -0.3 is 8.98 Å². The molecule has 12 rings (SSSR count). The fraction of sp³-hybridized carbons (Fsp3) is 0. The Morgan fingerprint density at radius 1 is 0.362 bits per heavy atom. The molecular weight excluding hydrogens is 703 g/mol. The maximum atomic E-state index is 9.70. The summed E-state index contributed by atoms with van der Waals surface area (Å²) in [6, 6.07) is 47.9. The summed E-state index contributed by atoms with van der Waals surface area (Å²) in [4.78, 5) is 0. The number of aromatic nitrogens is 1. The monoisotopic (exact) mass is 746 g/mol. The molecule has 0 radical (unpaired) electrons. The first-order valence-electron chi connectivity index (χ1n) is 23.7. The lowest BCUT2D eigenvalue weighted by Crippen LogP contribution is -1.94. The van der Waals surface area contributed by atoms with Crippen LogP contribution in [0.4, 0.5) is 0 Å². The van der Waals surface area contributed by atoms with Gasteiger partial charge in [-0.2, -0.15) is 0 Å². The standard InChI is InChI=1S/C56H35NO/c1-3-13-36(14-4-1)37-27-30-42(31-28-37)57-50-34-33-48-43-17-11-12-22-52(43)58-56(48)55(50)49-32-29-41(35-51(49)57)38-23-25-40(26-24-38)54-46-20-9-7-18-44(46)53(39-15-5-2-6-16-39)45-19-8-10-21-47(45)54/h1-35H/i2D,5D,6D,15D,16D,23D,24D,25D,26D. The quantitative estimate of drug-likeness (QED) is 0.160. The number of benzene rings is 10. The summed E-state index contributed by atoms with van der Waals surface area (Å²) >= 11 is 0. The third-order valence-electron chi connectivity index (χ3n) is 11.4. The molecule has 0 saturated carbocycles. The third-order valence-corrected chi connectivity index (χ3v) is 11.4. The molecule has 12 aromatic rings. The van der Waals surface area contributed by atoms with Crippen molar-refractivity contribution >= 4 is 65.3 Å². The zero-order chi connectivity index (χ0) is 46.0. The van der Waals surface area contributed by atoms with E-state index in [9.17, 15) is 5.48 Å². The molecule has 0 spiro atoms. The lowest BCUT2D eigenvalue weighted by Gasteiger charge is -2.18. The largest absolute Gasteiger partial charge is 0.455 e. The molecule has 58 heavy (non-hydrogen) atoms. The number of furan rings is 1. The van der Waals surface area contributed by atoms with E-state index >= 15 is 0 Å². The van der Waals surface area contributed by atoms with Crippen LogP contribution in [0.2, 0.25) is 0 Å². The Morgan fingerprint density at radius 2 is 0.897 bits per heavy atom. The summed E-state index contributed by atoms with van der Waals surface area (Å²) < 4.78 is 90.6. The van der Waals surface area contributed by atoms with E-state index in [1.807, 2.05) is 66.7 Å². The number of hydrogen-bond acceptors (Lipinski definition) is 1. The van der Waals surface area contributed by atoms with Gasteiger partial charge in [0.1, 0.15) is 11.2 Å². The van der Waals surface area contributed by atoms with Crippen LogP contribution in [0.25, 0.3) is 115 Å². The highest BCUT2D eigenvalue weighted by Crippen LogP contribution is 2.45. The normalized spacial score (nSPS) is 14.0. The lowest BCUT2D eigenvalue weighted by atomic mass is 9.86. The Balaban J connectivity index is 1.10. The molecule has 270 valence electrons. The molecular formula is C56H35NO. The SMILES string of the molecule is [2H]c1c([2H])c([2H])c(-c2c3ccccc3c(-c3c([2H])c([2H])c(-c4ccc5c6c7oc8ccccc8c7ccc6n(-c6ccc(-c7ccccc7)cc6)c5c4)c([2H])c3[2H])c3ccccc23)c([2H])c1[2H]. The highest BCUT2D eigenvalue weighted by Gasteiger charge is 2.20. The summed E-state index contributed by atoms with van der Waals surface area (Å²) in [6.45, 7) is 0. The smallest absolute Gasteiger partial charge is 0.145 e. The van der Waals surface area contributed by atoms with Crippen molar-refractivity contribution in [3.63, 3.8) is 0 Å². The molecule has 2 aromatic heterocycles. The Morgan fingerprint density at radius 3 is 1.57 bits per heavy atom. The van der Waals surface area contributed by atoms with Gasteiger partial charge in [-0.3, -0.25) is 0 Å². The molecule has 0 bridgehead atoms. The molecule has 2 heterocycles. The molecule has 2 nitrogen and oxygen atoms in total. The first kappa shape index (κ1) is 24.8. The number of hydrogen-bond donors (Lipinski definition) is 0. The average molecular weight is 747 g/mol. The third kappa shape index (κ3) is 4.99. The highest BCUT2D eigenvalue weighted by atomic mass is 16.3. The van der Waals surface area contributed by atoms with Crippen molar-refractivity contribution < 1.29 is 16.8 Å². The van der Waals surface area contributed by atoms with Crippen molar-refractivity contribution in [3.8, 4) is 50.2 Å². The van der Waals surface area contributed by atoms with Gasteiger partial charge in [-0.15, -0.1) is 0 Å². The van der Waals surface area contributed by atoms with Crippen LogP contribution in [-0.2, 0) is 0 Å². The van der Waals surface area contributed by atoms with Crippen molar-refractivity contribution in [2.24, 2.45) is 0 Å². The van der Waals surface area contributed by atoms with E-state index in [4.69, 9.17) is 11.3 Å². The first-order valence-corrected chi connectivity index (χ1v) is 19.2. The van der Waals surface area contributed by atoms with Gasteiger partial charge in [-0.05, 0) is 102 Å². The van der Waals surface area contributed by atoms with Crippen LogP contribution < -0.4 is 0 Å². The molecule has 0 aliphatic heterocycles. The average Bonchev–Trinajstić information content (AvgIpc) is 3.91. The van der Waals surface area contributed by atoms with Gasteiger partial charge in [0.05, 0.1) is 28.8 Å². The van der Waals surface area contributed by atoms with Crippen LogP contribution in [0.5, 0.6) is 0 Å². The van der Waals surface area contributed by atoms with Crippen LogP contribution in [0.1, 0.15) is 12.3 Å². The highest BCUT2D eigenvalue weighted by molar-refractivity contribution is 6.24. The number of fused-ring (bicyclic) bond motifs is 9. The predicted octanol–water partition coefficient (Wildman–Crippen LogP) is 15.7. The number of para-hydroxylation sites is 1. The molecule has 10 aromatic carbocycles. The van der Waals surface area contributed by atoms with E-state index in [-0.39, 0.29) is 52.9 Å². The van der Waals surface area contributed by atoms with E-state index in [1.165, 1.54) is 0 Å². The van der Waals surface area contributed by atoms with E-state index in [0.29, 0.717) is 38.2 Å². The molecule has 2 heteroatoms. The van der Waals surface area contributed by atoms with Gasteiger partial charge in [0.15, 0.2) is 0 Å². The molecule has 0 aliphatic rings. The Bertz CT molecular complexity index is 3970. The van der Waals surface area contributed by atoms with Crippen LogP contribution in [0.15, 0.2) is 217 Å². The van der Waals surface area contributed by atoms with Crippen molar-refractivity contribution in [1.82, 2.24) is 4.57 Å². The zero-order valence-corrected chi connectivity index (χ0v) is 30.9. The zero-order valence-electron chi connectivity index (χ0n) is 39.9. The predicted molar refractivity (Wildman–Crippen MR) is 245 cm³/mol. The van der Waals surface area contributed by atoms with Gasteiger partial charge in [0.2, 0.25) is 0 Å². The van der Waals surface area contributed by atoms with E-state index in [1.54, 1.807) is 36.4 Å². The lowest BCUT2D eigenvalue weighted by molar-refractivity contribution is 0.673. The minimum atomic E-state index is -0.491. The van der Waals surface area contributed by atoms with Crippen LogP contribution in [0.3, 0.4) is 0 Å². The second-order valence-corrected chi connectivity index (χ2v) is 14.5. The molecule has 0 atom stereocenters. The Labute approximate surface area is 348 Å². The van der Waals surface area contributed by atoms with Crippen LogP contribution in [0, 0.1) is 0 Å². The Kier molecular flexibility index (Phi) is 5.52. The fourth-order valence-corrected chi connectivity index (χ4v) is 8.77. The van der Waals surface area contributed by atoms with Gasteiger partial charge in [0.25, 0.3) is 0 Å². The molecule has 0 unspecified atom stereocenters. The molecule has 0 saturated heterocycles. The fourth-order valence-electron chi connectivity index (χ4n) is 8.77. The maximum absolute atomic E-state index is 9.70. The molecule has 0 aliphatic carbocycles. The van der Waals surface area contributed by atoms with Gasteiger partial charge in [-0.25, -0.2) is 0 Å². The van der Waals surface area contributed by atoms with E-state index in [0.717, 1.165) is 60.6 Å². The molecule has 0 fully saturated rings. The molecule has 0 amide bonds. The van der Waals surface area contributed by atoms with Crippen LogP contribution >= 0.6 is 0 Å². The minimum absolute atomic E-state index is 0.0425. The second-order valence-electron chi connectivity index (χ2n) is 14.5. The van der Waals surface area contributed by atoms with E-state index in [2.05, 4.69) is 59.2 Å². The van der Waals surface area contributed by atoms with Crippen LogP contribution in [-0.4, -0.2) is 4.57 Å². The van der Waals surface area contributed by atoms with Gasteiger partial charge in [-0.1, -0.05) is 176 Å². The maximum Gasteiger partial charge on any atom is 0.145 e. The first-order chi connectivity index (χ1) is 32.5. The Hall–Kier alpha value is -7.68. The van der Waals surface area contributed by atoms with Crippen molar-refractivity contribution in [2.45, 2.75) is 0 Å². The summed E-state index contributed by atoms with van der Waals surface area (Å²) in [5, 5.41) is 6.02. The number of nitrogens with zero attached hydrogens (tertiary/aromatic N) is 1. The summed E-state index contributed by atoms with van der Waals surface area (Å²) in [5.74, 6) is 0. The van der Waals surface area contributed by atoms with Gasteiger partial charge in [0, 0.05) is 21.8 Å². The van der Waals surface area contributed by atoms with Crippen molar-refractivity contribution in [2.75, 3.05) is 0 Å². The summed E-state index contributed by atoms with van der Waals surface area (Å²) in [5.41, 5.74) is 7.98. The van der Waals surface area contributed by atoms with Crippen molar-refractivity contribution in [3.05, 3.63) is 212 Å². The number of rotatable bonds is 5. The summed E-state index contributed by atoms with van der Waals surface area (Å²) in [6.07, 6.45) is 0. The summed E-state index contributed by atoms with van der Waals surface area (Å²) in [7, 11) is 0.